The Kier molecular flexibility index (Phi) is 7.45. The normalized spacial score (nSPS) is 30.0. The highest BCUT2D eigenvalue weighted by Gasteiger charge is 2.42. The number of hydrogen-bond acceptors (Lipinski definition) is 4. The van der Waals surface area contributed by atoms with E-state index in [0.717, 1.165) is 44.3 Å². The fourth-order valence-electron chi connectivity index (χ4n) is 4.60. The van der Waals surface area contributed by atoms with Gasteiger partial charge in [-0.05, 0) is 49.4 Å². The van der Waals surface area contributed by atoms with Gasteiger partial charge in [-0.1, -0.05) is 20.8 Å². The Morgan fingerprint density at radius 1 is 1.19 bits per heavy atom. The maximum atomic E-state index is 11.3. The standard InChI is InChI=1S/C12H21NO2.C8H12N2O/c1-8(2)9-3-10-5-13(12(15)7-14)6-11(10)4-9;1-2-8(11)10-5-3-4-7(10)6-9/h8-11,14H,3-7H2,1-2H3;7H,2-5H2,1H3/t9?,10-,11+;. The van der Waals surface area contributed by atoms with Gasteiger partial charge in [0.15, 0.2) is 0 Å². The van der Waals surface area contributed by atoms with Crippen LogP contribution in [-0.2, 0) is 9.59 Å². The third-order valence-corrected chi connectivity index (χ3v) is 6.24. The van der Waals surface area contributed by atoms with Crippen LogP contribution >= 0.6 is 0 Å². The van der Waals surface area contributed by atoms with Crippen molar-refractivity contribution in [3.63, 3.8) is 0 Å². The fraction of sp³-hybridized carbons (Fsp3) is 0.850. The highest BCUT2D eigenvalue weighted by Crippen LogP contribution is 2.44. The SMILES string of the molecule is CC(C)C1C[C@@H]2CN(C(=O)CO)C[C@@H]2C1.CCC(=O)N1CCCC1C#N. The summed E-state index contributed by atoms with van der Waals surface area (Å²) in [6.45, 7) is 8.62. The molecule has 6 nitrogen and oxygen atoms in total. The van der Waals surface area contributed by atoms with Gasteiger partial charge in [0, 0.05) is 26.1 Å². The largest absolute Gasteiger partial charge is 0.387 e. The van der Waals surface area contributed by atoms with Gasteiger partial charge in [-0.2, -0.15) is 5.26 Å². The minimum atomic E-state index is -0.326. The Morgan fingerprint density at radius 3 is 2.27 bits per heavy atom. The van der Waals surface area contributed by atoms with E-state index in [0.29, 0.717) is 18.3 Å². The number of likely N-dealkylation sites (tertiary alicyclic amines) is 2. The lowest BCUT2D eigenvalue weighted by atomic mass is 9.93. The Morgan fingerprint density at radius 2 is 1.81 bits per heavy atom. The predicted molar refractivity (Wildman–Crippen MR) is 98.8 cm³/mol. The molecule has 3 aliphatic rings. The van der Waals surface area contributed by atoms with Gasteiger partial charge < -0.3 is 14.9 Å². The molecule has 2 amide bonds. The van der Waals surface area contributed by atoms with Crippen molar-refractivity contribution in [2.24, 2.45) is 23.7 Å². The minimum Gasteiger partial charge on any atom is -0.387 e. The van der Waals surface area contributed by atoms with Crippen molar-refractivity contribution in [1.29, 1.82) is 5.26 Å². The molecule has 2 aliphatic heterocycles. The molecule has 1 N–H and O–H groups in total. The van der Waals surface area contributed by atoms with E-state index < -0.39 is 0 Å². The van der Waals surface area contributed by atoms with Gasteiger partial charge in [0.05, 0.1) is 6.07 Å². The monoisotopic (exact) mass is 363 g/mol. The lowest BCUT2D eigenvalue weighted by Crippen LogP contribution is -2.33. The van der Waals surface area contributed by atoms with Crippen LogP contribution in [0.2, 0.25) is 0 Å². The molecule has 0 spiro atoms. The number of nitrogens with zero attached hydrogens (tertiary/aromatic N) is 3. The molecule has 4 atom stereocenters. The highest BCUT2D eigenvalue weighted by molar-refractivity contribution is 5.77. The Hall–Kier alpha value is -1.61. The van der Waals surface area contributed by atoms with Crippen LogP contribution in [0.4, 0.5) is 0 Å². The van der Waals surface area contributed by atoms with E-state index in [1.54, 1.807) is 4.90 Å². The van der Waals surface area contributed by atoms with E-state index in [1.165, 1.54) is 12.8 Å². The van der Waals surface area contributed by atoms with Crippen molar-refractivity contribution in [3.05, 3.63) is 0 Å². The quantitative estimate of drug-likeness (QED) is 0.831. The molecule has 26 heavy (non-hydrogen) atoms. The fourth-order valence-corrected chi connectivity index (χ4v) is 4.60. The molecular weight excluding hydrogens is 330 g/mol. The van der Waals surface area contributed by atoms with Gasteiger partial charge in [-0.3, -0.25) is 9.59 Å². The maximum Gasteiger partial charge on any atom is 0.248 e. The molecule has 0 aromatic carbocycles. The van der Waals surface area contributed by atoms with Gasteiger partial charge in [-0.25, -0.2) is 0 Å². The number of fused-ring (bicyclic) bond motifs is 1. The van der Waals surface area contributed by atoms with Crippen molar-refractivity contribution in [1.82, 2.24) is 9.80 Å². The summed E-state index contributed by atoms with van der Waals surface area (Å²) in [4.78, 5) is 26.0. The summed E-state index contributed by atoms with van der Waals surface area (Å²) in [7, 11) is 0. The molecule has 0 radical (unpaired) electrons. The Bertz CT molecular complexity index is 529. The summed E-state index contributed by atoms with van der Waals surface area (Å²) in [6, 6.07) is 1.98. The van der Waals surface area contributed by atoms with Crippen LogP contribution in [0.25, 0.3) is 0 Å². The molecule has 146 valence electrons. The second kappa shape index (κ2) is 9.36. The molecule has 0 aromatic rings. The summed E-state index contributed by atoms with van der Waals surface area (Å²) in [6.07, 6.45) is 4.89. The summed E-state index contributed by atoms with van der Waals surface area (Å²) in [5.74, 6) is 3.05. The lowest BCUT2D eigenvalue weighted by molar-refractivity contribution is -0.133. The minimum absolute atomic E-state index is 0.0921. The molecule has 6 heteroatoms. The first-order valence-electron chi connectivity index (χ1n) is 9.98. The number of nitriles is 1. The van der Waals surface area contributed by atoms with E-state index in [1.807, 2.05) is 11.8 Å². The third kappa shape index (κ3) is 4.76. The average Bonchev–Trinajstić information content (AvgIpc) is 3.34. The van der Waals surface area contributed by atoms with E-state index in [2.05, 4.69) is 19.9 Å². The molecule has 0 aromatic heterocycles. The topological polar surface area (TPSA) is 84.6 Å². The van der Waals surface area contributed by atoms with Crippen molar-refractivity contribution >= 4 is 11.8 Å². The van der Waals surface area contributed by atoms with Gasteiger partial charge in [-0.15, -0.1) is 0 Å². The average molecular weight is 364 g/mol. The van der Waals surface area contributed by atoms with Crippen LogP contribution in [0.15, 0.2) is 0 Å². The van der Waals surface area contributed by atoms with E-state index in [4.69, 9.17) is 10.4 Å². The van der Waals surface area contributed by atoms with Crippen LogP contribution in [0.5, 0.6) is 0 Å². The molecule has 3 fully saturated rings. The van der Waals surface area contributed by atoms with Crippen LogP contribution < -0.4 is 0 Å². The number of aliphatic hydroxyl groups is 1. The Labute approximate surface area is 157 Å². The summed E-state index contributed by atoms with van der Waals surface area (Å²) in [5, 5.41) is 17.4. The van der Waals surface area contributed by atoms with Crippen LogP contribution in [-0.4, -0.2) is 59.0 Å². The lowest BCUT2D eigenvalue weighted by Gasteiger charge is -2.20. The van der Waals surface area contributed by atoms with Crippen molar-refractivity contribution in [3.8, 4) is 6.07 Å². The van der Waals surface area contributed by atoms with Gasteiger partial charge in [0.2, 0.25) is 11.8 Å². The van der Waals surface area contributed by atoms with E-state index >= 15 is 0 Å². The van der Waals surface area contributed by atoms with Crippen LogP contribution in [0.1, 0.15) is 52.9 Å². The second-order valence-electron chi connectivity index (χ2n) is 8.18. The Balaban J connectivity index is 0.000000197. The first kappa shape index (κ1) is 20.7. The highest BCUT2D eigenvalue weighted by atomic mass is 16.3. The zero-order valence-electron chi connectivity index (χ0n) is 16.4. The number of amides is 2. The van der Waals surface area contributed by atoms with Gasteiger partial charge >= 0.3 is 0 Å². The predicted octanol–water partition coefficient (Wildman–Crippen LogP) is 2.03. The van der Waals surface area contributed by atoms with Crippen LogP contribution in [0, 0.1) is 35.0 Å². The third-order valence-electron chi connectivity index (χ3n) is 6.24. The molecule has 1 aliphatic carbocycles. The van der Waals surface area contributed by atoms with Crippen molar-refractivity contribution in [2.45, 2.75) is 58.9 Å². The molecular formula is C20H33N3O3. The number of rotatable bonds is 3. The summed E-state index contributed by atoms with van der Waals surface area (Å²) in [5.41, 5.74) is 0. The smallest absolute Gasteiger partial charge is 0.248 e. The van der Waals surface area contributed by atoms with Gasteiger partial charge in [0.25, 0.3) is 0 Å². The number of aliphatic hydroxyl groups excluding tert-OH is 1. The zero-order chi connectivity index (χ0) is 19.3. The number of carbonyl (C=O) groups is 2. The summed E-state index contributed by atoms with van der Waals surface area (Å²) < 4.78 is 0. The van der Waals surface area contributed by atoms with E-state index in [-0.39, 0.29) is 24.5 Å². The first-order valence-corrected chi connectivity index (χ1v) is 9.98. The molecule has 0 bridgehead atoms. The molecule has 2 saturated heterocycles. The van der Waals surface area contributed by atoms with Crippen molar-refractivity contribution in [2.75, 3.05) is 26.2 Å². The molecule has 1 saturated carbocycles. The molecule has 2 heterocycles. The number of carbonyl (C=O) groups excluding carboxylic acids is 2. The zero-order valence-corrected chi connectivity index (χ0v) is 16.4. The number of hydrogen-bond donors (Lipinski definition) is 1. The van der Waals surface area contributed by atoms with Crippen molar-refractivity contribution < 1.29 is 14.7 Å². The van der Waals surface area contributed by atoms with Crippen LogP contribution in [0.3, 0.4) is 0 Å². The summed E-state index contributed by atoms with van der Waals surface area (Å²) >= 11 is 0. The molecule has 2 unspecified atom stereocenters. The van der Waals surface area contributed by atoms with E-state index in [9.17, 15) is 9.59 Å². The maximum absolute atomic E-state index is 11.3. The first-order chi connectivity index (χ1) is 12.4. The van der Waals surface area contributed by atoms with Gasteiger partial charge in [0.1, 0.15) is 12.6 Å². The molecule has 3 rings (SSSR count). The second-order valence-corrected chi connectivity index (χ2v) is 8.18.